The number of hydrogen-bond acceptors (Lipinski definition) is 4. The quantitative estimate of drug-likeness (QED) is 0.782. The van der Waals surface area contributed by atoms with Crippen molar-refractivity contribution in [3.8, 4) is 5.75 Å². The summed E-state index contributed by atoms with van der Waals surface area (Å²) >= 11 is 0. The predicted octanol–water partition coefficient (Wildman–Crippen LogP) is 1.05. The summed E-state index contributed by atoms with van der Waals surface area (Å²) in [5.41, 5.74) is -0.402. The Kier molecular flexibility index (Phi) is 3.12. The first-order valence-electron chi connectivity index (χ1n) is 5.59. The Hall–Kier alpha value is -1.13. The van der Waals surface area contributed by atoms with Crippen LogP contribution in [0.4, 0.5) is 0 Å². The second kappa shape index (κ2) is 4.39. The van der Waals surface area contributed by atoms with E-state index in [0.717, 1.165) is 0 Å². The SMILES string of the molecule is COc1cccnc1C(C)(O)CNC1CC1. The van der Waals surface area contributed by atoms with Gasteiger partial charge in [-0.3, -0.25) is 4.98 Å². The number of ether oxygens (including phenoxy) is 1. The highest BCUT2D eigenvalue weighted by atomic mass is 16.5. The molecular formula is C12H18N2O2. The fourth-order valence-corrected chi connectivity index (χ4v) is 1.67. The summed E-state index contributed by atoms with van der Waals surface area (Å²) in [6, 6.07) is 4.18. The molecule has 1 aliphatic carbocycles. The average Bonchev–Trinajstić information content (AvgIpc) is 3.10. The van der Waals surface area contributed by atoms with Gasteiger partial charge in [-0.1, -0.05) is 0 Å². The lowest BCUT2D eigenvalue weighted by Crippen LogP contribution is -2.37. The van der Waals surface area contributed by atoms with Crippen LogP contribution in [0.15, 0.2) is 18.3 Å². The van der Waals surface area contributed by atoms with E-state index in [1.54, 1.807) is 26.3 Å². The molecule has 88 valence electrons. The molecule has 0 aromatic carbocycles. The minimum absolute atomic E-state index is 0.505. The summed E-state index contributed by atoms with van der Waals surface area (Å²) in [5, 5.41) is 13.7. The van der Waals surface area contributed by atoms with E-state index in [-0.39, 0.29) is 0 Å². The van der Waals surface area contributed by atoms with E-state index in [9.17, 15) is 5.11 Å². The van der Waals surface area contributed by atoms with Crippen molar-refractivity contribution in [3.05, 3.63) is 24.0 Å². The van der Waals surface area contributed by atoms with Crippen LogP contribution in [0.1, 0.15) is 25.5 Å². The molecule has 1 aromatic heterocycles. The van der Waals surface area contributed by atoms with Crippen molar-refractivity contribution in [3.63, 3.8) is 0 Å². The van der Waals surface area contributed by atoms with Gasteiger partial charge in [0, 0.05) is 18.8 Å². The lowest BCUT2D eigenvalue weighted by Gasteiger charge is -2.24. The molecule has 2 N–H and O–H groups in total. The van der Waals surface area contributed by atoms with E-state index in [2.05, 4.69) is 10.3 Å². The third-order valence-electron chi connectivity index (χ3n) is 2.81. The molecule has 0 bridgehead atoms. The Morgan fingerprint density at radius 1 is 1.62 bits per heavy atom. The highest BCUT2D eigenvalue weighted by Gasteiger charge is 2.31. The van der Waals surface area contributed by atoms with Gasteiger partial charge in [0.25, 0.3) is 0 Å². The van der Waals surface area contributed by atoms with Gasteiger partial charge in [0.15, 0.2) is 0 Å². The van der Waals surface area contributed by atoms with Gasteiger partial charge in [-0.25, -0.2) is 0 Å². The van der Waals surface area contributed by atoms with Gasteiger partial charge >= 0.3 is 0 Å². The summed E-state index contributed by atoms with van der Waals surface area (Å²) in [5.74, 6) is 0.630. The first kappa shape index (κ1) is 11.4. The van der Waals surface area contributed by atoms with E-state index >= 15 is 0 Å². The van der Waals surface area contributed by atoms with Crippen molar-refractivity contribution in [2.24, 2.45) is 0 Å². The van der Waals surface area contributed by atoms with Crippen LogP contribution in [-0.4, -0.2) is 29.8 Å². The molecule has 1 saturated carbocycles. The molecule has 2 rings (SSSR count). The molecule has 1 heterocycles. The number of methoxy groups -OCH3 is 1. The van der Waals surface area contributed by atoms with Crippen molar-refractivity contribution in [2.75, 3.05) is 13.7 Å². The number of nitrogens with one attached hydrogen (secondary N) is 1. The second-order valence-corrected chi connectivity index (χ2v) is 4.48. The number of hydrogen-bond donors (Lipinski definition) is 2. The maximum atomic E-state index is 10.4. The van der Waals surface area contributed by atoms with E-state index in [1.165, 1.54) is 12.8 Å². The van der Waals surface area contributed by atoms with Gasteiger partial charge in [-0.2, -0.15) is 0 Å². The van der Waals surface area contributed by atoms with Crippen molar-refractivity contribution in [1.82, 2.24) is 10.3 Å². The molecule has 1 aromatic rings. The Labute approximate surface area is 95.7 Å². The summed E-state index contributed by atoms with van der Waals surface area (Å²) in [4.78, 5) is 4.20. The van der Waals surface area contributed by atoms with Gasteiger partial charge in [-0.15, -0.1) is 0 Å². The van der Waals surface area contributed by atoms with Gasteiger partial charge in [0.1, 0.15) is 17.0 Å². The second-order valence-electron chi connectivity index (χ2n) is 4.48. The molecule has 0 saturated heterocycles. The van der Waals surface area contributed by atoms with Gasteiger partial charge in [0.05, 0.1) is 7.11 Å². The smallest absolute Gasteiger partial charge is 0.143 e. The normalized spacial score (nSPS) is 19.2. The van der Waals surface area contributed by atoms with E-state index < -0.39 is 5.60 Å². The number of aromatic nitrogens is 1. The summed E-state index contributed by atoms with van der Waals surface area (Å²) in [7, 11) is 1.59. The summed E-state index contributed by atoms with van der Waals surface area (Å²) in [6.07, 6.45) is 4.08. The zero-order valence-corrected chi connectivity index (χ0v) is 9.73. The summed E-state index contributed by atoms with van der Waals surface area (Å²) in [6.45, 7) is 2.26. The lowest BCUT2D eigenvalue weighted by molar-refractivity contribution is 0.0493. The molecule has 1 aliphatic rings. The Morgan fingerprint density at radius 3 is 3.00 bits per heavy atom. The van der Waals surface area contributed by atoms with Gasteiger partial charge < -0.3 is 15.2 Å². The first-order valence-corrected chi connectivity index (χ1v) is 5.59. The minimum Gasteiger partial charge on any atom is -0.495 e. The van der Waals surface area contributed by atoms with Crippen LogP contribution in [0.25, 0.3) is 0 Å². The third kappa shape index (κ3) is 2.51. The van der Waals surface area contributed by atoms with Gasteiger partial charge in [0.2, 0.25) is 0 Å². The third-order valence-corrected chi connectivity index (χ3v) is 2.81. The average molecular weight is 222 g/mol. The lowest BCUT2D eigenvalue weighted by atomic mass is 10.0. The fourth-order valence-electron chi connectivity index (χ4n) is 1.67. The monoisotopic (exact) mass is 222 g/mol. The molecular weight excluding hydrogens is 204 g/mol. The summed E-state index contributed by atoms with van der Waals surface area (Å²) < 4.78 is 5.20. The van der Waals surface area contributed by atoms with Crippen molar-refractivity contribution in [1.29, 1.82) is 0 Å². The standard InChI is InChI=1S/C12H18N2O2/c1-12(15,8-14-9-5-6-9)11-10(16-2)4-3-7-13-11/h3-4,7,9,14-15H,5-6,8H2,1-2H3. The first-order chi connectivity index (χ1) is 7.63. The maximum Gasteiger partial charge on any atom is 0.143 e. The number of pyridine rings is 1. The molecule has 1 atom stereocenters. The number of rotatable bonds is 5. The van der Waals surface area contributed by atoms with Crippen LogP contribution in [0, 0.1) is 0 Å². The van der Waals surface area contributed by atoms with Crippen LogP contribution in [-0.2, 0) is 5.60 Å². The highest BCUT2D eigenvalue weighted by Crippen LogP contribution is 2.28. The molecule has 0 spiro atoms. The Bertz CT molecular complexity index is 362. The number of aliphatic hydroxyl groups is 1. The van der Waals surface area contributed by atoms with Crippen LogP contribution >= 0.6 is 0 Å². The fraction of sp³-hybridized carbons (Fsp3) is 0.583. The molecule has 0 radical (unpaired) electrons. The van der Waals surface area contributed by atoms with Crippen LogP contribution in [0.2, 0.25) is 0 Å². The largest absolute Gasteiger partial charge is 0.495 e. The molecule has 4 nitrogen and oxygen atoms in total. The molecule has 0 aliphatic heterocycles. The Balaban J connectivity index is 2.12. The molecule has 1 fully saturated rings. The minimum atomic E-state index is -0.991. The van der Waals surface area contributed by atoms with Gasteiger partial charge in [-0.05, 0) is 31.9 Å². The van der Waals surface area contributed by atoms with Crippen molar-refractivity contribution >= 4 is 0 Å². The predicted molar refractivity (Wildman–Crippen MR) is 61.4 cm³/mol. The van der Waals surface area contributed by atoms with E-state index in [0.29, 0.717) is 24.0 Å². The molecule has 1 unspecified atom stereocenters. The van der Waals surface area contributed by atoms with Crippen molar-refractivity contribution < 1.29 is 9.84 Å². The zero-order valence-electron chi connectivity index (χ0n) is 9.73. The molecule has 16 heavy (non-hydrogen) atoms. The van der Waals surface area contributed by atoms with E-state index in [4.69, 9.17) is 4.74 Å². The van der Waals surface area contributed by atoms with Crippen molar-refractivity contribution in [2.45, 2.75) is 31.4 Å². The van der Waals surface area contributed by atoms with Crippen LogP contribution in [0.3, 0.4) is 0 Å². The molecule has 0 amide bonds. The highest BCUT2D eigenvalue weighted by molar-refractivity contribution is 5.31. The van der Waals surface area contributed by atoms with Crippen LogP contribution in [0.5, 0.6) is 5.75 Å². The van der Waals surface area contributed by atoms with E-state index in [1.807, 2.05) is 6.07 Å². The zero-order chi connectivity index (χ0) is 11.6. The maximum absolute atomic E-state index is 10.4. The van der Waals surface area contributed by atoms with Crippen LogP contribution < -0.4 is 10.1 Å². The number of nitrogens with zero attached hydrogens (tertiary/aromatic N) is 1. The molecule has 4 heteroatoms. The Morgan fingerprint density at radius 2 is 2.38 bits per heavy atom. The topological polar surface area (TPSA) is 54.4 Å².